The highest BCUT2D eigenvalue weighted by atomic mass is 79.9. The van der Waals surface area contributed by atoms with Crippen molar-refractivity contribution in [3.8, 4) is 0 Å². The molecule has 0 aromatic carbocycles. The van der Waals surface area contributed by atoms with Crippen LogP contribution in [0.15, 0.2) is 36.4 Å². The maximum atomic E-state index is 13.5. The van der Waals surface area contributed by atoms with Gasteiger partial charge in [-0.25, -0.2) is 9.59 Å². The van der Waals surface area contributed by atoms with E-state index in [-0.39, 0.29) is 19.0 Å². The first-order chi connectivity index (χ1) is 24.9. The summed E-state index contributed by atoms with van der Waals surface area (Å²) in [7, 11) is 0. The van der Waals surface area contributed by atoms with Crippen LogP contribution in [0.1, 0.15) is 54.0 Å². The Morgan fingerprint density at radius 3 is 1.60 bits per heavy atom. The number of ether oxygens (including phenoxy) is 8. The van der Waals surface area contributed by atoms with Crippen molar-refractivity contribution in [1.82, 2.24) is 19.1 Å². The number of halogens is 1. The molecule has 2 aromatic rings. The van der Waals surface area contributed by atoms with E-state index in [1.54, 1.807) is 0 Å². The number of esters is 6. The Morgan fingerprint density at radius 1 is 0.736 bits per heavy atom. The van der Waals surface area contributed by atoms with Gasteiger partial charge in [-0.1, -0.05) is 24.0 Å². The van der Waals surface area contributed by atoms with Gasteiger partial charge in [-0.15, -0.1) is 0 Å². The molecular weight excluding hydrogens is 816 g/mol. The van der Waals surface area contributed by atoms with Gasteiger partial charge in [0, 0.05) is 53.9 Å². The van der Waals surface area contributed by atoms with Crippen molar-refractivity contribution in [2.24, 2.45) is 0 Å². The number of hydrogen-bond acceptors (Lipinski definition) is 19. The van der Waals surface area contributed by atoms with Gasteiger partial charge in [0.25, 0.3) is 0 Å². The van der Waals surface area contributed by atoms with Crippen LogP contribution in [0, 0.1) is 4.64 Å². The monoisotopic (exact) mass is 848 g/mol. The number of carbonyl (C=O) groups excluding carboxylic acids is 6. The van der Waals surface area contributed by atoms with Crippen molar-refractivity contribution in [3.63, 3.8) is 0 Å². The zero-order valence-electron chi connectivity index (χ0n) is 28.8. The van der Waals surface area contributed by atoms with Crippen molar-refractivity contribution < 1.29 is 66.7 Å². The molecule has 288 valence electrons. The zero-order valence-corrected chi connectivity index (χ0v) is 32.0. The summed E-state index contributed by atoms with van der Waals surface area (Å²) >= 11 is 9.56. The number of nitrogens with one attached hydrogen (secondary N) is 1. The molecule has 0 spiro atoms. The predicted molar refractivity (Wildman–Crippen MR) is 180 cm³/mol. The minimum Gasteiger partial charge on any atom is -0.463 e. The lowest BCUT2D eigenvalue weighted by molar-refractivity contribution is -0.166. The first-order valence-corrected chi connectivity index (χ1v) is 17.5. The topological polar surface area (TPSA) is 249 Å². The third kappa shape index (κ3) is 10.4. The Labute approximate surface area is 316 Å². The van der Waals surface area contributed by atoms with Gasteiger partial charge in [0.15, 0.2) is 36.9 Å². The van der Waals surface area contributed by atoms with Crippen molar-refractivity contribution >= 4 is 75.7 Å². The standard InChI is InChI=1S/C30H33BrN4O16S2/c1-11(36)44-9-18-21(46-13(3)38)23(48-15(5)40)27(50-18)34-7-17(31)26(33-30(34)43)53-20-8-35(29(42)32-25(20)52)28-24(49-16(6)41)22(47-14(4)39)19(51-28)10-45-12(2)37/h7-8,18-19,21-24,27-28H,9-10H2,1-6H3,(H,32,42,52)/t18-,19-,21-,22-,23-,24-,27-,28-/m1/s1. The molecule has 2 aliphatic heterocycles. The average molecular weight is 850 g/mol. The van der Waals surface area contributed by atoms with Gasteiger partial charge in [0.2, 0.25) is 0 Å². The second-order valence-electron chi connectivity index (χ2n) is 11.4. The molecule has 53 heavy (non-hydrogen) atoms. The molecule has 0 saturated carbocycles. The lowest BCUT2D eigenvalue weighted by atomic mass is 10.1. The highest BCUT2D eigenvalue weighted by Gasteiger charge is 2.52. The van der Waals surface area contributed by atoms with Crippen molar-refractivity contribution in [1.29, 1.82) is 0 Å². The largest absolute Gasteiger partial charge is 0.463 e. The average Bonchev–Trinajstić information content (AvgIpc) is 3.53. The summed E-state index contributed by atoms with van der Waals surface area (Å²) in [5.41, 5.74) is -1.75. The molecule has 4 rings (SSSR count). The Hall–Kier alpha value is -4.45. The predicted octanol–water partition coefficient (Wildman–Crippen LogP) is 1.02. The number of carbonyl (C=O) groups is 6. The molecule has 1 N–H and O–H groups in total. The van der Waals surface area contributed by atoms with Gasteiger partial charge in [0.1, 0.15) is 35.1 Å². The molecule has 23 heteroatoms. The molecule has 2 aromatic heterocycles. The second-order valence-corrected chi connectivity index (χ2v) is 13.7. The van der Waals surface area contributed by atoms with Gasteiger partial charge < -0.3 is 37.9 Å². The summed E-state index contributed by atoms with van der Waals surface area (Å²) in [6, 6.07) is 0. The molecule has 8 atom stereocenters. The number of rotatable bonds is 12. The number of aromatic amines is 1. The van der Waals surface area contributed by atoms with Gasteiger partial charge in [0.05, 0.1) is 9.37 Å². The van der Waals surface area contributed by atoms with Crippen LogP contribution >= 0.6 is 39.9 Å². The molecule has 2 saturated heterocycles. The SMILES string of the molecule is CC(=O)OC[C@H]1O[C@@H](n2cc(Br)c(Sc3cn([C@@H]4O[C@H](COC(C)=O)[C@@H](OC(C)=O)[C@H]4OC(C)=O)c(=O)[nH]c3=S)nc2=O)[C@H](OC(C)=O)[C@@H]1OC(C)=O. The fraction of sp³-hybridized carbons (Fsp3) is 0.533. The number of H-pyrrole nitrogens is 1. The molecular formula is C30H33BrN4O16S2. The van der Waals surface area contributed by atoms with Crippen LogP contribution in [0.2, 0.25) is 0 Å². The van der Waals surface area contributed by atoms with Crippen molar-refractivity contribution in [3.05, 3.63) is 42.5 Å². The van der Waals surface area contributed by atoms with Crippen LogP contribution in [-0.2, 0) is 66.7 Å². The summed E-state index contributed by atoms with van der Waals surface area (Å²) in [6.45, 7) is 5.89. The maximum Gasteiger partial charge on any atom is 0.350 e. The Bertz CT molecular complexity index is 1970. The van der Waals surface area contributed by atoms with Crippen molar-refractivity contribution in [2.75, 3.05) is 13.2 Å². The molecule has 2 fully saturated rings. The molecule has 0 aliphatic carbocycles. The first kappa shape index (κ1) is 41.3. The second kappa shape index (κ2) is 17.6. The summed E-state index contributed by atoms with van der Waals surface area (Å²) in [4.78, 5) is 105. The van der Waals surface area contributed by atoms with Crippen molar-refractivity contribution in [2.45, 2.75) is 101 Å². The van der Waals surface area contributed by atoms with Gasteiger partial charge in [-0.2, -0.15) is 4.98 Å². The molecule has 2 aliphatic rings. The summed E-state index contributed by atoms with van der Waals surface area (Å²) in [6.07, 6.45) is -7.93. The van der Waals surface area contributed by atoms with Crippen LogP contribution < -0.4 is 11.4 Å². The third-order valence-corrected chi connectivity index (χ3v) is 9.57. The van der Waals surface area contributed by atoms with Crippen LogP contribution in [0.25, 0.3) is 0 Å². The number of aromatic nitrogens is 4. The Morgan fingerprint density at radius 2 is 1.17 bits per heavy atom. The highest BCUT2D eigenvalue weighted by Crippen LogP contribution is 2.38. The normalized spacial score (nSPS) is 24.9. The summed E-state index contributed by atoms with van der Waals surface area (Å²) in [5.74, 6) is -4.45. The number of nitrogens with zero attached hydrogens (tertiary/aromatic N) is 3. The van der Waals surface area contributed by atoms with E-state index >= 15 is 0 Å². The van der Waals surface area contributed by atoms with Crippen LogP contribution in [0.5, 0.6) is 0 Å². The fourth-order valence-corrected chi connectivity index (χ4v) is 6.96. The third-order valence-electron chi connectivity index (χ3n) is 7.25. The lowest BCUT2D eigenvalue weighted by Crippen LogP contribution is -2.42. The van der Waals surface area contributed by atoms with E-state index in [1.165, 1.54) is 12.4 Å². The van der Waals surface area contributed by atoms with E-state index in [1.807, 2.05) is 0 Å². The van der Waals surface area contributed by atoms with Crippen LogP contribution in [0.3, 0.4) is 0 Å². The zero-order chi connectivity index (χ0) is 39.3. The molecule has 0 radical (unpaired) electrons. The molecule has 20 nitrogen and oxygen atoms in total. The van der Waals surface area contributed by atoms with Crippen LogP contribution in [0.4, 0.5) is 0 Å². The van der Waals surface area contributed by atoms with Gasteiger partial charge in [-0.05, 0) is 15.9 Å². The van der Waals surface area contributed by atoms with E-state index in [4.69, 9.17) is 50.1 Å². The Kier molecular flexibility index (Phi) is 13.7. The highest BCUT2D eigenvalue weighted by molar-refractivity contribution is 9.10. The maximum absolute atomic E-state index is 13.5. The quantitative estimate of drug-likeness (QED) is 0.136. The molecule has 0 unspecified atom stereocenters. The smallest absolute Gasteiger partial charge is 0.350 e. The van der Waals surface area contributed by atoms with E-state index in [2.05, 4.69) is 25.9 Å². The van der Waals surface area contributed by atoms with Gasteiger partial charge >= 0.3 is 47.2 Å². The van der Waals surface area contributed by atoms with E-state index in [0.29, 0.717) is 0 Å². The first-order valence-electron chi connectivity index (χ1n) is 15.4. The summed E-state index contributed by atoms with van der Waals surface area (Å²) in [5, 5.41) is 0.0281. The molecule has 4 heterocycles. The molecule has 0 amide bonds. The minimum absolute atomic E-state index is 0.0281. The van der Waals surface area contributed by atoms with E-state index in [0.717, 1.165) is 62.4 Å². The van der Waals surface area contributed by atoms with E-state index in [9.17, 15) is 38.4 Å². The van der Waals surface area contributed by atoms with E-state index < -0.39 is 109 Å². The fourth-order valence-electron chi connectivity index (χ4n) is 5.35. The number of hydrogen-bond donors (Lipinski definition) is 1. The van der Waals surface area contributed by atoms with Crippen LogP contribution in [-0.4, -0.2) is 105 Å². The lowest BCUT2D eigenvalue weighted by Gasteiger charge is -2.24. The molecule has 0 bridgehead atoms. The van der Waals surface area contributed by atoms with Gasteiger partial charge in [-0.3, -0.25) is 42.9 Å². The Balaban J connectivity index is 1.71. The summed E-state index contributed by atoms with van der Waals surface area (Å²) < 4.78 is 45.5. The minimum atomic E-state index is -1.42.